The summed E-state index contributed by atoms with van der Waals surface area (Å²) < 4.78 is 63.6. The topological polar surface area (TPSA) is 74.8 Å². The molecule has 0 saturated heterocycles. The van der Waals surface area contributed by atoms with Gasteiger partial charge in [0, 0.05) is 12.2 Å². The van der Waals surface area contributed by atoms with Crippen LogP contribution < -0.4 is 4.72 Å². The van der Waals surface area contributed by atoms with Crippen molar-refractivity contribution in [1.29, 1.82) is 0 Å². The van der Waals surface area contributed by atoms with Crippen LogP contribution in [0.3, 0.4) is 0 Å². The number of rotatable bonds is 4. The fourth-order valence-electron chi connectivity index (χ4n) is 1.72. The number of sulfonamides is 1. The Hall–Kier alpha value is -1.87. The molecule has 1 heterocycles. The minimum Gasteiger partial charge on any atom is -0.284 e. The molecule has 0 bridgehead atoms. The normalized spacial score (nSPS) is 14.1. The maximum atomic E-state index is 12.5. The number of aromatic amines is 1. The number of nitrogens with zero attached hydrogens (tertiary/aromatic N) is 1. The summed E-state index contributed by atoms with van der Waals surface area (Å²) in [6, 6.07) is 3.64. The number of alkyl halides is 3. The van der Waals surface area contributed by atoms with Crippen molar-refractivity contribution >= 4 is 10.0 Å². The third kappa shape index (κ3) is 3.61. The first-order valence-electron chi connectivity index (χ1n) is 5.88. The van der Waals surface area contributed by atoms with Gasteiger partial charge in [-0.1, -0.05) is 12.1 Å². The van der Waals surface area contributed by atoms with Crippen molar-refractivity contribution in [3.63, 3.8) is 0 Å². The lowest BCUT2D eigenvalue weighted by atomic mass is 10.1. The molecule has 2 N–H and O–H groups in total. The Morgan fingerprint density at radius 3 is 2.33 bits per heavy atom. The van der Waals surface area contributed by atoms with E-state index in [-0.39, 0.29) is 4.90 Å². The molecule has 0 radical (unpaired) electrons. The number of hydrogen-bond acceptors (Lipinski definition) is 3. The van der Waals surface area contributed by atoms with Crippen molar-refractivity contribution in [3.8, 4) is 0 Å². The van der Waals surface area contributed by atoms with Gasteiger partial charge in [0.1, 0.15) is 4.90 Å². The number of halogens is 3. The number of hydrogen-bond donors (Lipinski definition) is 2. The van der Waals surface area contributed by atoms with Crippen LogP contribution in [0.5, 0.6) is 0 Å². The number of benzene rings is 1. The summed E-state index contributed by atoms with van der Waals surface area (Å²) in [7, 11) is -3.77. The summed E-state index contributed by atoms with van der Waals surface area (Å²) >= 11 is 0. The second-order valence-electron chi connectivity index (χ2n) is 4.40. The van der Waals surface area contributed by atoms with E-state index in [0.29, 0.717) is 5.56 Å². The van der Waals surface area contributed by atoms with Gasteiger partial charge in [0.2, 0.25) is 10.0 Å². The molecule has 9 heteroatoms. The molecule has 1 atom stereocenters. The van der Waals surface area contributed by atoms with Crippen molar-refractivity contribution in [2.75, 3.05) is 0 Å². The average molecular weight is 319 g/mol. The molecule has 0 aliphatic heterocycles. The Morgan fingerprint density at radius 2 is 1.86 bits per heavy atom. The highest BCUT2D eigenvalue weighted by atomic mass is 32.2. The first-order valence-corrected chi connectivity index (χ1v) is 7.37. The fraction of sp³-hybridized carbons (Fsp3) is 0.250. The van der Waals surface area contributed by atoms with Crippen LogP contribution >= 0.6 is 0 Å². The zero-order chi connectivity index (χ0) is 15.7. The molecular formula is C12H12F3N3O2S. The third-order valence-electron chi connectivity index (χ3n) is 2.85. The molecule has 0 fully saturated rings. The second kappa shape index (κ2) is 5.49. The van der Waals surface area contributed by atoms with Crippen molar-refractivity contribution in [3.05, 3.63) is 47.8 Å². The lowest BCUT2D eigenvalue weighted by Crippen LogP contribution is -2.26. The van der Waals surface area contributed by atoms with Gasteiger partial charge in [-0.3, -0.25) is 5.10 Å². The summed E-state index contributed by atoms with van der Waals surface area (Å²) in [5, 5.41) is 5.92. The maximum absolute atomic E-state index is 12.5. The summed E-state index contributed by atoms with van der Waals surface area (Å²) in [4.78, 5) is -0.0405. The number of H-pyrrole nitrogens is 1. The molecular weight excluding hydrogens is 307 g/mol. The van der Waals surface area contributed by atoms with Gasteiger partial charge in [-0.25, -0.2) is 13.1 Å². The fourth-order valence-corrected chi connectivity index (χ4v) is 2.85. The molecule has 1 aromatic heterocycles. The SMILES string of the molecule is CC(NS(=O)(=O)c1cn[nH]c1)c1ccc(C(F)(F)F)cc1. The standard InChI is InChI=1S/C12H12F3N3O2S/c1-8(18-21(19,20)11-6-16-17-7-11)9-2-4-10(5-3-9)12(13,14)15/h2-8,18H,1H3,(H,16,17). The minimum absolute atomic E-state index is 0.0405. The molecule has 114 valence electrons. The first kappa shape index (κ1) is 15.5. The van der Waals surface area contributed by atoms with E-state index in [1.807, 2.05) is 0 Å². The second-order valence-corrected chi connectivity index (χ2v) is 6.11. The highest BCUT2D eigenvalue weighted by Gasteiger charge is 2.30. The van der Waals surface area contributed by atoms with Crippen molar-refractivity contribution in [2.45, 2.75) is 24.0 Å². The van der Waals surface area contributed by atoms with E-state index < -0.39 is 27.8 Å². The molecule has 21 heavy (non-hydrogen) atoms. The zero-order valence-electron chi connectivity index (χ0n) is 10.8. The maximum Gasteiger partial charge on any atom is 0.416 e. The first-order chi connectivity index (χ1) is 9.70. The Kier molecular flexibility index (Phi) is 4.06. The Bertz CT molecular complexity index is 694. The quantitative estimate of drug-likeness (QED) is 0.909. The van der Waals surface area contributed by atoms with Gasteiger partial charge in [-0.15, -0.1) is 0 Å². The molecule has 0 aliphatic carbocycles. The van der Waals surface area contributed by atoms with Gasteiger partial charge in [0.15, 0.2) is 0 Å². The Labute approximate surface area is 119 Å². The van der Waals surface area contributed by atoms with E-state index in [2.05, 4.69) is 14.9 Å². The van der Waals surface area contributed by atoms with Crippen LogP contribution in [0.4, 0.5) is 13.2 Å². The van der Waals surface area contributed by atoms with Crippen LogP contribution in [0, 0.1) is 0 Å². The van der Waals surface area contributed by atoms with E-state index in [9.17, 15) is 21.6 Å². The minimum atomic E-state index is -4.42. The number of aromatic nitrogens is 2. The highest BCUT2D eigenvalue weighted by Crippen LogP contribution is 2.30. The molecule has 1 unspecified atom stereocenters. The van der Waals surface area contributed by atoms with E-state index >= 15 is 0 Å². The molecule has 2 rings (SSSR count). The van der Waals surface area contributed by atoms with Crippen molar-refractivity contribution in [1.82, 2.24) is 14.9 Å². The molecule has 0 aliphatic rings. The van der Waals surface area contributed by atoms with Gasteiger partial charge in [-0.2, -0.15) is 18.3 Å². The molecule has 1 aromatic carbocycles. The lowest BCUT2D eigenvalue weighted by molar-refractivity contribution is -0.137. The molecule has 2 aromatic rings. The van der Waals surface area contributed by atoms with Crippen LogP contribution in [0.25, 0.3) is 0 Å². The summed E-state index contributed by atoms with van der Waals surface area (Å²) in [6.07, 6.45) is -2.07. The molecule has 5 nitrogen and oxygen atoms in total. The van der Waals surface area contributed by atoms with E-state index in [1.54, 1.807) is 6.92 Å². The van der Waals surface area contributed by atoms with E-state index in [4.69, 9.17) is 0 Å². The Morgan fingerprint density at radius 1 is 1.24 bits per heavy atom. The third-order valence-corrected chi connectivity index (χ3v) is 4.36. The smallest absolute Gasteiger partial charge is 0.284 e. The predicted octanol–water partition coefficient (Wildman–Crippen LogP) is 2.47. The van der Waals surface area contributed by atoms with Crippen LogP contribution in [-0.4, -0.2) is 18.6 Å². The largest absolute Gasteiger partial charge is 0.416 e. The van der Waals surface area contributed by atoms with E-state index in [0.717, 1.165) is 18.3 Å². The van der Waals surface area contributed by atoms with Gasteiger partial charge >= 0.3 is 6.18 Å². The van der Waals surface area contributed by atoms with Crippen LogP contribution in [-0.2, 0) is 16.2 Å². The van der Waals surface area contributed by atoms with Crippen molar-refractivity contribution in [2.24, 2.45) is 0 Å². The Balaban J connectivity index is 2.16. The summed E-state index contributed by atoms with van der Waals surface area (Å²) in [6.45, 7) is 1.54. The zero-order valence-corrected chi connectivity index (χ0v) is 11.7. The van der Waals surface area contributed by atoms with E-state index in [1.165, 1.54) is 18.3 Å². The van der Waals surface area contributed by atoms with Crippen molar-refractivity contribution < 1.29 is 21.6 Å². The van der Waals surface area contributed by atoms with Gasteiger partial charge in [0.05, 0.1) is 11.8 Å². The van der Waals surface area contributed by atoms with Gasteiger partial charge in [-0.05, 0) is 24.6 Å². The van der Waals surface area contributed by atoms with Crippen LogP contribution in [0.1, 0.15) is 24.1 Å². The highest BCUT2D eigenvalue weighted by molar-refractivity contribution is 7.89. The molecule has 0 spiro atoms. The van der Waals surface area contributed by atoms with Gasteiger partial charge in [0.25, 0.3) is 0 Å². The molecule has 0 amide bonds. The number of nitrogens with one attached hydrogen (secondary N) is 2. The van der Waals surface area contributed by atoms with Gasteiger partial charge < -0.3 is 0 Å². The average Bonchev–Trinajstić information content (AvgIpc) is 2.92. The van der Waals surface area contributed by atoms with Crippen LogP contribution in [0.2, 0.25) is 0 Å². The molecule has 0 saturated carbocycles. The van der Waals surface area contributed by atoms with Crippen LogP contribution in [0.15, 0.2) is 41.6 Å². The summed E-state index contributed by atoms with van der Waals surface area (Å²) in [5.41, 5.74) is -0.355. The summed E-state index contributed by atoms with van der Waals surface area (Å²) in [5.74, 6) is 0. The monoisotopic (exact) mass is 319 g/mol. The lowest BCUT2D eigenvalue weighted by Gasteiger charge is -2.15. The predicted molar refractivity (Wildman–Crippen MR) is 68.8 cm³/mol.